The van der Waals surface area contributed by atoms with Crippen molar-refractivity contribution in [3.8, 4) is 0 Å². The molecule has 4 heteroatoms. The summed E-state index contributed by atoms with van der Waals surface area (Å²) in [6.45, 7) is 11.0. The van der Waals surface area contributed by atoms with Crippen LogP contribution in [0.2, 0.25) is 0 Å². The lowest BCUT2D eigenvalue weighted by atomic mass is 10.1. The van der Waals surface area contributed by atoms with Crippen LogP contribution < -0.4 is 5.32 Å². The van der Waals surface area contributed by atoms with Crippen molar-refractivity contribution in [2.45, 2.75) is 78.6 Å². The van der Waals surface area contributed by atoms with Crippen LogP contribution in [-0.4, -0.2) is 40.6 Å². The van der Waals surface area contributed by atoms with Gasteiger partial charge < -0.3 is 4.90 Å². The summed E-state index contributed by atoms with van der Waals surface area (Å²) in [5.41, 5.74) is 0. The van der Waals surface area contributed by atoms with Crippen molar-refractivity contribution < 1.29 is 4.79 Å². The zero-order valence-electron chi connectivity index (χ0n) is 13.8. The second-order valence-electron chi connectivity index (χ2n) is 6.13. The number of carbonyl (C=O) groups excluding carboxylic acids is 1. The normalized spacial score (nSPS) is 24.7. The second kappa shape index (κ2) is 8.93. The van der Waals surface area contributed by atoms with Gasteiger partial charge in [0.15, 0.2) is 0 Å². The molecular weight excluding hydrogens is 268 g/mol. The summed E-state index contributed by atoms with van der Waals surface area (Å²) < 4.78 is 0. The van der Waals surface area contributed by atoms with E-state index in [2.05, 4.69) is 44.8 Å². The molecule has 118 valence electrons. The molecule has 3 atom stereocenters. The Hall–Kier alpha value is -0.220. The number of thioether (sulfide) groups is 1. The van der Waals surface area contributed by atoms with Crippen LogP contribution >= 0.6 is 11.8 Å². The third-order valence-corrected chi connectivity index (χ3v) is 4.99. The zero-order valence-corrected chi connectivity index (χ0v) is 14.6. The quantitative estimate of drug-likeness (QED) is 0.662. The number of hydrogen-bond donors (Lipinski definition) is 1. The van der Waals surface area contributed by atoms with Gasteiger partial charge in [-0.25, -0.2) is 0 Å². The molecule has 0 spiro atoms. The van der Waals surface area contributed by atoms with Gasteiger partial charge in [-0.05, 0) is 37.2 Å². The van der Waals surface area contributed by atoms with Crippen LogP contribution in [0.5, 0.6) is 0 Å². The molecule has 1 saturated heterocycles. The SMILES string of the molecule is CCCCC1NC(C(C)C)N(C(C)CCSCC)C1=O. The maximum atomic E-state index is 12.7. The summed E-state index contributed by atoms with van der Waals surface area (Å²) in [5.74, 6) is 3.09. The number of hydrogen-bond acceptors (Lipinski definition) is 3. The van der Waals surface area contributed by atoms with Crippen molar-refractivity contribution in [2.75, 3.05) is 11.5 Å². The van der Waals surface area contributed by atoms with Crippen molar-refractivity contribution in [1.29, 1.82) is 0 Å². The van der Waals surface area contributed by atoms with E-state index in [1.54, 1.807) is 0 Å². The lowest BCUT2D eigenvalue weighted by Gasteiger charge is -2.32. The highest BCUT2D eigenvalue weighted by molar-refractivity contribution is 7.99. The molecule has 1 aliphatic heterocycles. The Morgan fingerprint density at radius 3 is 2.55 bits per heavy atom. The molecule has 0 radical (unpaired) electrons. The summed E-state index contributed by atoms with van der Waals surface area (Å²) in [6.07, 6.45) is 4.56. The van der Waals surface area contributed by atoms with Crippen molar-refractivity contribution in [1.82, 2.24) is 10.2 Å². The molecule has 1 amide bonds. The summed E-state index contributed by atoms with van der Waals surface area (Å²) in [7, 11) is 0. The van der Waals surface area contributed by atoms with E-state index in [1.165, 1.54) is 0 Å². The van der Waals surface area contributed by atoms with Gasteiger partial charge in [0, 0.05) is 6.04 Å². The van der Waals surface area contributed by atoms with E-state index in [9.17, 15) is 4.79 Å². The summed E-state index contributed by atoms with van der Waals surface area (Å²) in [5, 5.41) is 3.57. The standard InChI is InChI=1S/C16H32N2OS/c1-6-8-9-14-16(19)18(15(17-14)12(3)4)13(5)10-11-20-7-2/h12-15,17H,6-11H2,1-5H3. The number of carbonyl (C=O) groups is 1. The van der Waals surface area contributed by atoms with Gasteiger partial charge in [-0.1, -0.05) is 40.5 Å². The monoisotopic (exact) mass is 300 g/mol. The van der Waals surface area contributed by atoms with Crippen LogP contribution in [0.3, 0.4) is 0 Å². The van der Waals surface area contributed by atoms with E-state index in [0.717, 1.165) is 37.2 Å². The van der Waals surface area contributed by atoms with Gasteiger partial charge in [-0.3, -0.25) is 10.1 Å². The Kier molecular flexibility index (Phi) is 7.96. The average molecular weight is 301 g/mol. The molecule has 3 unspecified atom stereocenters. The van der Waals surface area contributed by atoms with E-state index in [4.69, 9.17) is 0 Å². The van der Waals surface area contributed by atoms with E-state index in [1.807, 2.05) is 11.8 Å². The molecule has 1 heterocycles. The smallest absolute Gasteiger partial charge is 0.241 e. The fourth-order valence-corrected chi connectivity index (χ4v) is 3.63. The molecule has 1 N–H and O–H groups in total. The first-order chi connectivity index (χ1) is 9.52. The van der Waals surface area contributed by atoms with Gasteiger partial charge in [-0.2, -0.15) is 11.8 Å². The zero-order chi connectivity index (χ0) is 15.1. The van der Waals surface area contributed by atoms with Crippen molar-refractivity contribution in [3.05, 3.63) is 0 Å². The van der Waals surface area contributed by atoms with Crippen LogP contribution in [-0.2, 0) is 4.79 Å². The molecule has 0 aromatic rings. The van der Waals surface area contributed by atoms with Gasteiger partial charge in [0.05, 0.1) is 12.2 Å². The lowest BCUT2D eigenvalue weighted by Crippen LogP contribution is -2.46. The largest absolute Gasteiger partial charge is 0.323 e. The second-order valence-corrected chi connectivity index (χ2v) is 7.52. The number of amides is 1. The van der Waals surface area contributed by atoms with Crippen LogP contribution in [0.1, 0.15) is 60.3 Å². The van der Waals surface area contributed by atoms with Gasteiger partial charge >= 0.3 is 0 Å². The predicted molar refractivity (Wildman–Crippen MR) is 89.0 cm³/mol. The van der Waals surface area contributed by atoms with Crippen molar-refractivity contribution >= 4 is 17.7 Å². The van der Waals surface area contributed by atoms with Gasteiger partial charge in [-0.15, -0.1) is 0 Å². The molecule has 0 aromatic heterocycles. The Balaban J connectivity index is 2.66. The number of nitrogens with zero attached hydrogens (tertiary/aromatic N) is 1. The third-order valence-electron chi connectivity index (χ3n) is 4.06. The van der Waals surface area contributed by atoms with Crippen LogP contribution in [0, 0.1) is 5.92 Å². The molecule has 1 fully saturated rings. The molecular formula is C16H32N2OS. The molecule has 20 heavy (non-hydrogen) atoms. The number of unbranched alkanes of at least 4 members (excludes halogenated alkanes) is 1. The first-order valence-corrected chi connectivity index (χ1v) is 9.34. The molecule has 3 nitrogen and oxygen atoms in total. The molecule has 0 bridgehead atoms. The van der Waals surface area contributed by atoms with Gasteiger partial charge in [0.2, 0.25) is 5.91 Å². The van der Waals surface area contributed by atoms with E-state index < -0.39 is 0 Å². The summed E-state index contributed by atoms with van der Waals surface area (Å²) in [4.78, 5) is 14.8. The van der Waals surface area contributed by atoms with Crippen LogP contribution in [0.25, 0.3) is 0 Å². The fourth-order valence-electron chi connectivity index (χ4n) is 2.83. The van der Waals surface area contributed by atoms with Crippen LogP contribution in [0.15, 0.2) is 0 Å². The summed E-state index contributed by atoms with van der Waals surface area (Å²) >= 11 is 1.96. The minimum absolute atomic E-state index is 0.0450. The van der Waals surface area contributed by atoms with Crippen LogP contribution in [0.4, 0.5) is 0 Å². The minimum atomic E-state index is 0.0450. The highest BCUT2D eigenvalue weighted by Gasteiger charge is 2.41. The van der Waals surface area contributed by atoms with Crippen molar-refractivity contribution in [3.63, 3.8) is 0 Å². The Morgan fingerprint density at radius 1 is 1.30 bits per heavy atom. The Bertz CT molecular complexity index is 296. The first kappa shape index (κ1) is 17.8. The van der Waals surface area contributed by atoms with E-state index >= 15 is 0 Å². The minimum Gasteiger partial charge on any atom is -0.323 e. The predicted octanol–water partition coefficient (Wildman–Crippen LogP) is 3.49. The number of rotatable bonds is 9. The number of nitrogens with one attached hydrogen (secondary N) is 1. The molecule has 0 saturated carbocycles. The lowest BCUT2D eigenvalue weighted by molar-refractivity contribution is -0.132. The molecule has 0 aromatic carbocycles. The summed E-state index contributed by atoms with van der Waals surface area (Å²) in [6, 6.07) is 0.386. The maximum Gasteiger partial charge on any atom is 0.241 e. The maximum absolute atomic E-state index is 12.7. The molecule has 1 rings (SSSR count). The highest BCUT2D eigenvalue weighted by atomic mass is 32.2. The van der Waals surface area contributed by atoms with E-state index in [-0.39, 0.29) is 12.2 Å². The molecule has 0 aliphatic carbocycles. The van der Waals surface area contributed by atoms with E-state index in [0.29, 0.717) is 17.9 Å². The topological polar surface area (TPSA) is 32.3 Å². The van der Waals surface area contributed by atoms with Gasteiger partial charge in [0.25, 0.3) is 0 Å². The first-order valence-electron chi connectivity index (χ1n) is 8.18. The average Bonchev–Trinajstić information content (AvgIpc) is 2.74. The highest BCUT2D eigenvalue weighted by Crippen LogP contribution is 2.24. The van der Waals surface area contributed by atoms with Gasteiger partial charge in [0.1, 0.15) is 0 Å². The molecule has 1 aliphatic rings. The Labute approximate surface area is 129 Å². The fraction of sp³-hybridized carbons (Fsp3) is 0.938. The van der Waals surface area contributed by atoms with Crippen molar-refractivity contribution in [2.24, 2.45) is 5.92 Å². The Morgan fingerprint density at radius 2 is 2.00 bits per heavy atom. The third kappa shape index (κ3) is 4.66.